The number of hydrogen-bond donors (Lipinski definition) is 0. The zero-order valence-corrected chi connectivity index (χ0v) is 12.5. The molecule has 0 aromatic heterocycles. The molecule has 0 aliphatic carbocycles. The molecule has 2 rings (SSSR count). The molecule has 0 saturated carbocycles. The van der Waals surface area contributed by atoms with Gasteiger partial charge in [-0.1, -0.05) is 6.07 Å². The van der Waals surface area contributed by atoms with Crippen LogP contribution in [-0.4, -0.2) is 38.5 Å². The van der Waals surface area contributed by atoms with Gasteiger partial charge >= 0.3 is 0 Å². The van der Waals surface area contributed by atoms with Crippen molar-refractivity contribution in [2.24, 2.45) is 0 Å². The Kier molecular flexibility index (Phi) is 4.14. The standard InChI is InChI=1S/C14H18N2O3S/c1-14(19-2)7-4-8-16(11-14)20(17,18)13-6-3-5-12(9-13)10-15/h3,5-6,9H,4,7-8,11H2,1-2H3. The molecule has 1 aliphatic heterocycles. The van der Waals surface area contributed by atoms with E-state index in [4.69, 9.17) is 10.00 Å². The monoisotopic (exact) mass is 294 g/mol. The average Bonchev–Trinajstić information content (AvgIpc) is 2.47. The molecule has 1 saturated heterocycles. The van der Waals surface area contributed by atoms with Crippen molar-refractivity contribution in [1.29, 1.82) is 5.26 Å². The second-order valence-electron chi connectivity index (χ2n) is 5.24. The summed E-state index contributed by atoms with van der Waals surface area (Å²) in [4.78, 5) is 0.164. The van der Waals surface area contributed by atoms with Crippen molar-refractivity contribution in [3.8, 4) is 6.07 Å². The fourth-order valence-electron chi connectivity index (χ4n) is 2.41. The van der Waals surface area contributed by atoms with Crippen LogP contribution in [0.1, 0.15) is 25.3 Å². The summed E-state index contributed by atoms with van der Waals surface area (Å²) < 4.78 is 32.1. The second-order valence-corrected chi connectivity index (χ2v) is 7.17. The Bertz CT molecular complexity index is 636. The second kappa shape index (κ2) is 5.52. The van der Waals surface area contributed by atoms with Gasteiger partial charge in [-0.3, -0.25) is 0 Å². The minimum absolute atomic E-state index is 0.164. The fourth-order valence-corrected chi connectivity index (χ4v) is 4.04. The van der Waals surface area contributed by atoms with E-state index < -0.39 is 15.6 Å². The molecule has 6 heteroatoms. The summed E-state index contributed by atoms with van der Waals surface area (Å²) in [5.74, 6) is 0. The van der Waals surface area contributed by atoms with Gasteiger partial charge in [0.15, 0.2) is 0 Å². The van der Waals surface area contributed by atoms with E-state index in [0.717, 1.165) is 12.8 Å². The van der Waals surface area contributed by atoms with E-state index in [-0.39, 0.29) is 4.90 Å². The van der Waals surface area contributed by atoms with Crippen molar-refractivity contribution < 1.29 is 13.2 Å². The molecule has 1 aromatic rings. The molecule has 5 nitrogen and oxygen atoms in total. The molecule has 0 amide bonds. The Morgan fingerprint density at radius 3 is 2.85 bits per heavy atom. The van der Waals surface area contributed by atoms with E-state index in [1.165, 1.54) is 16.4 Å². The van der Waals surface area contributed by atoms with Crippen LogP contribution in [-0.2, 0) is 14.8 Å². The maximum atomic E-state index is 12.6. The number of piperidine rings is 1. The van der Waals surface area contributed by atoms with Gasteiger partial charge in [0.2, 0.25) is 10.0 Å². The van der Waals surface area contributed by atoms with E-state index in [1.807, 2.05) is 13.0 Å². The van der Waals surface area contributed by atoms with Gasteiger partial charge in [0, 0.05) is 20.2 Å². The number of rotatable bonds is 3. The highest BCUT2D eigenvalue weighted by Gasteiger charge is 2.37. The van der Waals surface area contributed by atoms with Gasteiger partial charge < -0.3 is 4.74 Å². The maximum Gasteiger partial charge on any atom is 0.243 e. The summed E-state index contributed by atoms with van der Waals surface area (Å²) in [6.07, 6.45) is 1.61. The zero-order chi connectivity index (χ0) is 14.8. The van der Waals surface area contributed by atoms with Gasteiger partial charge in [0.25, 0.3) is 0 Å². The SMILES string of the molecule is COC1(C)CCCN(S(=O)(=O)c2cccc(C#N)c2)C1. The molecule has 1 fully saturated rings. The smallest absolute Gasteiger partial charge is 0.243 e. The summed E-state index contributed by atoms with van der Waals surface area (Å²) in [5.41, 5.74) is -0.101. The Hall–Kier alpha value is -1.42. The van der Waals surface area contributed by atoms with Crippen molar-refractivity contribution >= 4 is 10.0 Å². The van der Waals surface area contributed by atoms with Crippen LogP contribution in [0.2, 0.25) is 0 Å². The quantitative estimate of drug-likeness (QED) is 0.851. The highest BCUT2D eigenvalue weighted by atomic mass is 32.2. The maximum absolute atomic E-state index is 12.6. The van der Waals surface area contributed by atoms with Crippen molar-refractivity contribution in [1.82, 2.24) is 4.31 Å². The number of ether oxygens (including phenoxy) is 1. The predicted molar refractivity (Wildman–Crippen MR) is 74.6 cm³/mol. The average molecular weight is 294 g/mol. The number of hydrogen-bond acceptors (Lipinski definition) is 4. The molecule has 0 bridgehead atoms. The molecular weight excluding hydrogens is 276 g/mol. The van der Waals surface area contributed by atoms with Gasteiger partial charge in [-0.2, -0.15) is 9.57 Å². The van der Waals surface area contributed by atoms with Gasteiger partial charge in [-0.05, 0) is 38.0 Å². The molecule has 0 spiro atoms. The Morgan fingerprint density at radius 1 is 1.45 bits per heavy atom. The van der Waals surface area contributed by atoms with Crippen molar-refractivity contribution in [2.75, 3.05) is 20.2 Å². The van der Waals surface area contributed by atoms with Crippen LogP contribution in [0.15, 0.2) is 29.2 Å². The van der Waals surface area contributed by atoms with Crippen molar-refractivity contribution in [3.63, 3.8) is 0 Å². The fraction of sp³-hybridized carbons (Fsp3) is 0.500. The van der Waals surface area contributed by atoms with Crippen LogP contribution in [0.3, 0.4) is 0 Å². The summed E-state index contributed by atoms with van der Waals surface area (Å²) in [7, 11) is -1.97. The molecule has 1 heterocycles. The lowest BCUT2D eigenvalue weighted by molar-refractivity contribution is -0.0319. The zero-order valence-electron chi connectivity index (χ0n) is 11.7. The van der Waals surface area contributed by atoms with Crippen LogP contribution in [0, 0.1) is 11.3 Å². The largest absolute Gasteiger partial charge is 0.377 e. The van der Waals surface area contributed by atoms with Gasteiger partial charge in [-0.25, -0.2) is 8.42 Å². The molecule has 0 radical (unpaired) electrons. The van der Waals surface area contributed by atoms with Gasteiger partial charge in [-0.15, -0.1) is 0 Å². The minimum atomic E-state index is -3.57. The molecule has 1 unspecified atom stereocenters. The van der Waals surface area contributed by atoms with Gasteiger partial charge in [0.05, 0.1) is 22.1 Å². The number of nitriles is 1. The first kappa shape index (κ1) is 15.0. The van der Waals surface area contributed by atoms with E-state index in [0.29, 0.717) is 18.7 Å². The minimum Gasteiger partial charge on any atom is -0.377 e. The van der Waals surface area contributed by atoms with Crippen LogP contribution in [0.4, 0.5) is 0 Å². The molecule has 20 heavy (non-hydrogen) atoms. The van der Waals surface area contributed by atoms with Crippen LogP contribution < -0.4 is 0 Å². The number of nitrogens with zero attached hydrogens (tertiary/aromatic N) is 2. The third-order valence-corrected chi connectivity index (χ3v) is 5.56. The lowest BCUT2D eigenvalue weighted by atomic mass is 9.96. The van der Waals surface area contributed by atoms with E-state index >= 15 is 0 Å². The Morgan fingerprint density at radius 2 is 2.20 bits per heavy atom. The summed E-state index contributed by atoms with van der Waals surface area (Å²) in [5, 5.41) is 8.88. The topological polar surface area (TPSA) is 70.4 Å². The van der Waals surface area contributed by atoms with Crippen LogP contribution in [0.25, 0.3) is 0 Å². The number of sulfonamides is 1. The molecular formula is C14H18N2O3S. The van der Waals surface area contributed by atoms with Crippen molar-refractivity contribution in [3.05, 3.63) is 29.8 Å². The normalized spacial score (nSPS) is 24.2. The first-order valence-electron chi connectivity index (χ1n) is 6.47. The molecule has 0 N–H and O–H groups in total. The first-order valence-corrected chi connectivity index (χ1v) is 7.91. The number of methoxy groups -OCH3 is 1. The third kappa shape index (κ3) is 2.85. The number of benzene rings is 1. The molecule has 1 aromatic carbocycles. The molecule has 1 atom stereocenters. The molecule has 1 aliphatic rings. The highest BCUT2D eigenvalue weighted by Crippen LogP contribution is 2.28. The Balaban J connectivity index is 2.33. The highest BCUT2D eigenvalue weighted by molar-refractivity contribution is 7.89. The Labute approximate surface area is 119 Å². The van der Waals surface area contributed by atoms with E-state index in [9.17, 15) is 8.42 Å². The summed E-state index contributed by atoms with van der Waals surface area (Å²) in [6, 6.07) is 8.08. The van der Waals surface area contributed by atoms with E-state index in [1.54, 1.807) is 19.2 Å². The third-order valence-electron chi connectivity index (χ3n) is 3.72. The summed E-state index contributed by atoms with van der Waals surface area (Å²) in [6.45, 7) is 2.74. The van der Waals surface area contributed by atoms with Gasteiger partial charge in [0.1, 0.15) is 0 Å². The van der Waals surface area contributed by atoms with Crippen LogP contribution in [0.5, 0.6) is 0 Å². The van der Waals surface area contributed by atoms with Crippen LogP contribution >= 0.6 is 0 Å². The lowest BCUT2D eigenvalue weighted by Crippen LogP contribution is -2.49. The predicted octanol–water partition coefficient (Wildman–Crippen LogP) is 1.75. The van der Waals surface area contributed by atoms with Crippen molar-refractivity contribution in [2.45, 2.75) is 30.3 Å². The summed E-state index contributed by atoms with van der Waals surface area (Å²) >= 11 is 0. The molecule has 108 valence electrons. The lowest BCUT2D eigenvalue weighted by Gasteiger charge is -2.38. The van der Waals surface area contributed by atoms with E-state index in [2.05, 4.69) is 0 Å². The first-order chi connectivity index (χ1) is 9.41.